The lowest BCUT2D eigenvalue weighted by Crippen LogP contribution is -2.34. The standard InChI is InChI=1S/C14H17N3O2S/c1-14(2,15)7-12-16-13(17-19-12)10-8-20-11-6-4-3-5-9(11)18-10/h3-6,10H,7-8,15H2,1-2H3. The molecule has 0 saturated carbocycles. The van der Waals surface area contributed by atoms with Gasteiger partial charge in [-0.25, -0.2) is 0 Å². The van der Waals surface area contributed by atoms with Crippen molar-refractivity contribution in [3.8, 4) is 5.75 Å². The molecule has 0 spiro atoms. The zero-order chi connectivity index (χ0) is 14.2. The zero-order valence-corrected chi connectivity index (χ0v) is 12.3. The molecule has 5 nitrogen and oxygen atoms in total. The van der Waals surface area contributed by atoms with Crippen LogP contribution in [-0.4, -0.2) is 21.4 Å². The van der Waals surface area contributed by atoms with E-state index in [9.17, 15) is 0 Å². The number of ether oxygens (including phenoxy) is 1. The van der Waals surface area contributed by atoms with Crippen molar-refractivity contribution in [1.82, 2.24) is 10.1 Å². The molecule has 1 aliphatic heterocycles. The highest BCUT2D eigenvalue weighted by molar-refractivity contribution is 7.99. The molecule has 0 bridgehead atoms. The van der Waals surface area contributed by atoms with Gasteiger partial charge in [0.25, 0.3) is 0 Å². The van der Waals surface area contributed by atoms with Gasteiger partial charge in [0.05, 0.1) is 0 Å². The molecule has 1 aromatic heterocycles. The van der Waals surface area contributed by atoms with Crippen LogP contribution in [0, 0.1) is 0 Å². The summed E-state index contributed by atoms with van der Waals surface area (Å²) in [5, 5.41) is 4.02. The van der Waals surface area contributed by atoms with E-state index in [1.54, 1.807) is 11.8 Å². The minimum atomic E-state index is -0.363. The first-order chi connectivity index (χ1) is 9.51. The molecule has 0 saturated heterocycles. The largest absolute Gasteiger partial charge is 0.480 e. The van der Waals surface area contributed by atoms with Gasteiger partial charge < -0.3 is 15.0 Å². The topological polar surface area (TPSA) is 74.2 Å². The lowest BCUT2D eigenvalue weighted by atomic mass is 10.0. The minimum Gasteiger partial charge on any atom is -0.480 e. The summed E-state index contributed by atoms with van der Waals surface area (Å²) in [7, 11) is 0. The van der Waals surface area contributed by atoms with Crippen molar-refractivity contribution < 1.29 is 9.26 Å². The number of nitrogens with two attached hydrogens (primary N) is 1. The van der Waals surface area contributed by atoms with E-state index in [0.717, 1.165) is 16.4 Å². The van der Waals surface area contributed by atoms with Crippen molar-refractivity contribution in [2.24, 2.45) is 5.73 Å². The first-order valence-corrected chi connectivity index (χ1v) is 7.50. The van der Waals surface area contributed by atoms with Crippen molar-refractivity contribution >= 4 is 11.8 Å². The van der Waals surface area contributed by atoms with E-state index in [-0.39, 0.29) is 11.6 Å². The average molecular weight is 291 g/mol. The van der Waals surface area contributed by atoms with Gasteiger partial charge in [-0.1, -0.05) is 17.3 Å². The lowest BCUT2D eigenvalue weighted by Gasteiger charge is -2.22. The van der Waals surface area contributed by atoms with E-state index in [1.807, 2.05) is 32.0 Å². The van der Waals surface area contributed by atoms with Gasteiger partial charge in [0, 0.05) is 22.6 Å². The Kier molecular flexibility index (Phi) is 3.43. The van der Waals surface area contributed by atoms with E-state index in [1.165, 1.54) is 0 Å². The van der Waals surface area contributed by atoms with Crippen molar-refractivity contribution in [2.75, 3.05) is 5.75 Å². The second-order valence-corrected chi connectivity index (χ2v) is 6.64. The van der Waals surface area contributed by atoms with Gasteiger partial charge in [0.15, 0.2) is 6.10 Å². The van der Waals surface area contributed by atoms with Crippen LogP contribution in [0.5, 0.6) is 5.75 Å². The molecule has 2 N–H and O–H groups in total. The van der Waals surface area contributed by atoms with Crippen LogP contribution >= 0.6 is 11.8 Å². The molecule has 0 aliphatic carbocycles. The van der Waals surface area contributed by atoms with Gasteiger partial charge in [-0.05, 0) is 26.0 Å². The Balaban J connectivity index is 1.75. The van der Waals surface area contributed by atoms with Crippen LogP contribution in [0.25, 0.3) is 0 Å². The Morgan fingerprint density at radius 2 is 2.20 bits per heavy atom. The van der Waals surface area contributed by atoms with Gasteiger partial charge in [0.1, 0.15) is 5.75 Å². The van der Waals surface area contributed by atoms with Crippen LogP contribution in [0.1, 0.15) is 31.7 Å². The Hall–Kier alpha value is -1.53. The SMILES string of the molecule is CC(C)(N)Cc1nc(C2CSc3ccccc3O2)no1. The average Bonchev–Trinajstić information content (AvgIpc) is 2.84. The van der Waals surface area contributed by atoms with Crippen molar-refractivity contribution in [3.05, 3.63) is 36.0 Å². The number of para-hydroxylation sites is 1. The highest BCUT2D eigenvalue weighted by Gasteiger charge is 2.27. The maximum Gasteiger partial charge on any atom is 0.228 e. The van der Waals surface area contributed by atoms with Crippen molar-refractivity contribution in [3.63, 3.8) is 0 Å². The molecule has 0 radical (unpaired) electrons. The highest BCUT2D eigenvalue weighted by Crippen LogP contribution is 2.39. The number of nitrogens with zero attached hydrogens (tertiary/aromatic N) is 2. The number of rotatable bonds is 3. The molecule has 0 amide bonds. The van der Waals surface area contributed by atoms with Gasteiger partial charge in [-0.3, -0.25) is 0 Å². The van der Waals surface area contributed by atoms with Gasteiger partial charge >= 0.3 is 0 Å². The Morgan fingerprint density at radius 3 is 3.00 bits per heavy atom. The Bertz CT molecular complexity index is 606. The predicted octanol–water partition coefficient (Wildman–Crippen LogP) is 2.58. The van der Waals surface area contributed by atoms with Gasteiger partial charge in [-0.15, -0.1) is 11.8 Å². The molecule has 1 aromatic carbocycles. The van der Waals surface area contributed by atoms with Gasteiger partial charge in [-0.2, -0.15) is 4.98 Å². The molecule has 6 heteroatoms. The summed E-state index contributed by atoms with van der Waals surface area (Å²) in [6, 6.07) is 7.97. The minimum absolute atomic E-state index is 0.173. The maximum absolute atomic E-state index is 5.96. The molecular weight excluding hydrogens is 274 g/mol. The number of benzene rings is 1. The summed E-state index contributed by atoms with van der Waals surface area (Å²) in [4.78, 5) is 5.54. The van der Waals surface area contributed by atoms with E-state index in [4.69, 9.17) is 15.0 Å². The van der Waals surface area contributed by atoms with Crippen LogP contribution in [0.3, 0.4) is 0 Å². The van der Waals surface area contributed by atoms with Crippen LogP contribution in [0.15, 0.2) is 33.7 Å². The number of hydrogen-bond acceptors (Lipinski definition) is 6. The normalized spacial score (nSPS) is 18.4. The van der Waals surface area contributed by atoms with E-state index >= 15 is 0 Å². The van der Waals surface area contributed by atoms with E-state index in [0.29, 0.717) is 18.1 Å². The predicted molar refractivity (Wildman–Crippen MR) is 76.8 cm³/mol. The van der Waals surface area contributed by atoms with Crippen molar-refractivity contribution in [1.29, 1.82) is 0 Å². The third-order valence-corrected chi connectivity index (χ3v) is 4.00. The van der Waals surface area contributed by atoms with Crippen LogP contribution in [0.2, 0.25) is 0 Å². The smallest absolute Gasteiger partial charge is 0.228 e. The molecule has 0 fully saturated rings. The van der Waals surface area contributed by atoms with E-state index < -0.39 is 0 Å². The summed E-state index contributed by atoms with van der Waals surface area (Å²) in [6.45, 7) is 3.86. The quantitative estimate of drug-likeness (QED) is 0.937. The Labute approximate surface area is 121 Å². The van der Waals surface area contributed by atoms with Gasteiger partial charge in [0.2, 0.25) is 11.7 Å². The van der Waals surface area contributed by atoms with E-state index in [2.05, 4.69) is 16.2 Å². The zero-order valence-electron chi connectivity index (χ0n) is 11.5. The lowest BCUT2D eigenvalue weighted by molar-refractivity contribution is 0.205. The number of fused-ring (bicyclic) bond motifs is 1. The number of hydrogen-bond donors (Lipinski definition) is 1. The maximum atomic E-state index is 5.96. The molecular formula is C14H17N3O2S. The van der Waals surface area contributed by atoms with Crippen molar-refractivity contribution in [2.45, 2.75) is 36.8 Å². The summed E-state index contributed by atoms with van der Waals surface area (Å²) in [5.41, 5.74) is 5.59. The first kappa shape index (κ1) is 13.5. The summed E-state index contributed by atoms with van der Waals surface area (Å²) in [5.74, 6) is 2.80. The fraction of sp³-hybridized carbons (Fsp3) is 0.429. The monoisotopic (exact) mass is 291 g/mol. The third-order valence-electron chi connectivity index (χ3n) is 2.89. The fourth-order valence-corrected chi connectivity index (χ4v) is 2.99. The molecule has 1 atom stereocenters. The summed E-state index contributed by atoms with van der Waals surface area (Å²) < 4.78 is 11.2. The summed E-state index contributed by atoms with van der Waals surface area (Å²) >= 11 is 1.74. The highest BCUT2D eigenvalue weighted by atomic mass is 32.2. The van der Waals surface area contributed by atoms with Crippen LogP contribution in [0.4, 0.5) is 0 Å². The molecule has 1 unspecified atom stereocenters. The van der Waals surface area contributed by atoms with Crippen LogP contribution in [-0.2, 0) is 6.42 Å². The summed E-state index contributed by atoms with van der Waals surface area (Å²) in [6.07, 6.45) is 0.379. The molecule has 2 heterocycles. The number of aromatic nitrogens is 2. The molecule has 3 rings (SSSR count). The first-order valence-electron chi connectivity index (χ1n) is 6.51. The third kappa shape index (κ3) is 2.96. The molecule has 1 aliphatic rings. The molecule has 20 heavy (non-hydrogen) atoms. The molecule has 2 aromatic rings. The molecule has 106 valence electrons. The Morgan fingerprint density at radius 1 is 1.40 bits per heavy atom. The second kappa shape index (κ2) is 5.10. The number of thioether (sulfide) groups is 1. The van der Waals surface area contributed by atoms with Crippen LogP contribution < -0.4 is 10.5 Å². The second-order valence-electron chi connectivity index (χ2n) is 5.58. The fourth-order valence-electron chi connectivity index (χ4n) is 2.01.